The second-order valence-electron chi connectivity index (χ2n) is 6.60. The van der Waals surface area contributed by atoms with Crippen molar-refractivity contribution >= 4 is 39.8 Å². The zero-order chi connectivity index (χ0) is 19.5. The van der Waals surface area contributed by atoms with E-state index < -0.39 is 7.92 Å². The van der Waals surface area contributed by atoms with Crippen molar-refractivity contribution in [2.24, 2.45) is 5.92 Å². The number of hydrogen-bond acceptors (Lipinski definition) is 0. The average molecular weight is 439 g/mol. The Morgan fingerprint density at radius 3 is 1.30 bits per heavy atom. The second kappa shape index (κ2) is 11.9. The molecule has 0 atom stereocenters. The summed E-state index contributed by atoms with van der Waals surface area (Å²) in [6, 6.07) is 32.3. The van der Waals surface area contributed by atoms with Gasteiger partial charge in [0.05, 0.1) is 0 Å². The minimum Gasteiger partial charge on any atom is -0.0883 e. The van der Waals surface area contributed by atoms with Gasteiger partial charge in [-0.3, -0.25) is 0 Å². The molecule has 0 aliphatic rings. The van der Waals surface area contributed by atoms with Crippen LogP contribution in [0.2, 0.25) is 0 Å². The van der Waals surface area contributed by atoms with E-state index in [0.717, 1.165) is 5.33 Å². The Kier molecular flexibility index (Phi) is 9.53. The lowest BCUT2D eigenvalue weighted by atomic mass is 10.1. The standard InChI is InChI=1S/C18H15P.C7H13Br/c1-4-10-16(11-5-1)19(17-12-6-2-7-13-17)18-14-8-3-9-15-18;1-6(2)7(3)4-5-8/h1-15H;4,6H,5H2,1-3H3/b;7-4+. The van der Waals surface area contributed by atoms with Crippen LogP contribution in [0, 0.1) is 5.92 Å². The molecule has 2 heteroatoms. The lowest BCUT2D eigenvalue weighted by molar-refractivity contribution is 0.768. The molecule has 27 heavy (non-hydrogen) atoms. The molecule has 3 aromatic carbocycles. The van der Waals surface area contributed by atoms with Gasteiger partial charge in [-0.15, -0.1) is 0 Å². The van der Waals surface area contributed by atoms with Gasteiger partial charge in [-0.25, -0.2) is 0 Å². The molecule has 0 nitrogen and oxygen atoms in total. The lowest BCUT2D eigenvalue weighted by Gasteiger charge is -2.18. The number of hydrogen-bond donors (Lipinski definition) is 0. The summed E-state index contributed by atoms with van der Waals surface area (Å²) in [5.41, 5.74) is 1.46. The predicted octanol–water partition coefficient (Wildman–Crippen LogP) is 6.43. The van der Waals surface area contributed by atoms with Gasteiger partial charge >= 0.3 is 0 Å². The number of alkyl halides is 1. The smallest absolute Gasteiger partial charge is 0.0214 e. The Morgan fingerprint density at radius 1 is 0.741 bits per heavy atom. The van der Waals surface area contributed by atoms with Gasteiger partial charge in [0.2, 0.25) is 0 Å². The molecule has 140 valence electrons. The van der Waals surface area contributed by atoms with Crippen LogP contribution >= 0.6 is 23.9 Å². The molecule has 0 aromatic heterocycles. The Labute approximate surface area is 174 Å². The van der Waals surface area contributed by atoms with Crippen molar-refractivity contribution in [3.63, 3.8) is 0 Å². The maximum Gasteiger partial charge on any atom is 0.0214 e. The van der Waals surface area contributed by atoms with Crippen molar-refractivity contribution in [3.8, 4) is 0 Å². The third kappa shape index (κ3) is 7.09. The molecule has 3 aromatic rings. The van der Waals surface area contributed by atoms with E-state index in [1.54, 1.807) is 0 Å². The van der Waals surface area contributed by atoms with Gasteiger partial charge in [0.15, 0.2) is 0 Å². The molecule has 0 amide bonds. The van der Waals surface area contributed by atoms with Crippen LogP contribution in [0.5, 0.6) is 0 Å². The highest BCUT2D eigenvalue weighted by molar-refractivity contribution is 9.09. The highest BCUT2D eigenvalue weighted by Gasteiger charge is 2.14. The van der Waals surface area contributed by atoms with E-state index in [1.165, 1.54) is 21.5 Å². The van der Waals surface area contributed by atoms with E-state index in [4.69, 9.17) is 0 Å². The predicted molar refractivity (Wildman–Crippen MR) is 128 cm³/mol. The minimum absolute atomic E-state index is 0.446. The SMILES string of the molecule is C/C(=C\CBr)C(C)C.c1ccc(P(c2ccccc2)c2ccccc2)cc1. The minimum atomic E-state index is -0.446. The van der Waals surface area contributed by atoms with Crippen LogP contribution < -0.4 is 15.9 Å². The van der Waals surface area contributed by atoms with E-state index in [-0.39, 0.29) is 0 Å². The summed E-state index contributed by atoms with van der Waals surface area (Å²) in [5.74, 6) is 0.701. The van der Waals surface area contributed by atoms with Crippen molar-refractivity contribution in [3.05, 3.63) is 103 Å². The quantitative estimate of drug-likeness (QED) is 0.244. The molecule has 0 N–H and O–H groups in total. The zero-order valence-electron chi connectivity index (χ0n) is 16.3. The third-order valence-electron chi connectivity index (χ3n) is 4.35. The van der Waals surface area contributed by atoms with Crippen LogP contribution in [-0.4, -0.2) is 5.33 Å². The fraction of sp³-hybridized carbons (Fsp3) is 0.200. The maximum atomic E-state index is 3.34. The van der Waals surface area contributed by atoms with Gasteiger partial charge < -0.3 is 0 Å². The molecule has 0 aliphatic heterocycles. The average Bonchev–Trinajstić information content (AvgIpc) is 2.71. The second-order valence-corrected chi connectivity index (χ2v) is 9.47. The first-order valence-electron chi connectivity index (χ1n) is 9.31. The summed E-state index contributed by atoms with van der Waals surface area (Å²) >= 11 is 3.34. The Hall–Kier alpha value is -1.69. The van der Waals surface area contributed by atoms with E-state index in [9.17, 15) is 0 Å². The van der Waals surface area contributed by atoms with Gasteiger partial charge in [0.1, 0.15) is 0 Å². The number of benzene rings is 3. The summed E-state index contributed by atoms with van der Waals surface area (Å²) < 4.78 is 0. The van der Waals surface area contributed by atoms with Crippen LogP contribution in [0.1, 0.15) is 20.8 Å². The third-order valence-corrected chi connectivity index (χ3v) is 7.12. The molecule has 0 aliphatic carbocycles. The summed E-state index contributed by atoms with van der Waals surface area (Å²) in [6.07, 6.45) is 2.20. The van der Waals surface area contributed by atoms with Crippen LogP contribution in [0.4, 0.5) is 0 Å². The number of allylic oxidation sites excluding steroid dienone is 2. The maximum absolute atomic E-state index is 3.34. The summed E-state index contributed by atoms with van der Waals surface area (Å²) in [6.45, 7) is 6.56. The molecule has 3 rings (SSSR count). The molecule has 0 bridgehead atoms. The molecule has 0 heterocycles. The lowest BCUT2D eigenvalue weighted by Crippen LogP contribution is -2.20. The summed E-state index contributed by atoms with van der Waals surface area (Å²) in [5, 5.41) is 5.18. The Balaban J connectivity index is 0.000000279. The highest BCUT2D eigenvalue weighted by atomic mass is 79.9. The topological polar surface area (TPSA) is 0 Å². The normalized spacial score (nSPS) is 11.3. The molecule has 0 spiro atoms. The molecule has 0 saturated carbocycles. The Morgan fingerprint density at radius 2 is 1.07 bits per heavy atom. The van der Waals surface area contributed by atoms with Gasteiger partial charge in [-0.1, -0.05) is 132 Å². The highest BCUT2D eigenvalue weighted by Crippen LogP contribution is 2.32. The molecule has 0 fully saturated rings. The van der Waals surface area contributed by atoms with Crippen molar-refractivity contribution in [1.82, 2.24) is 0 Å². The Bertz CT molecular complexity index is 702. The summed E-state index contributed by atoms with van der Waals surface area (Å²) in [4.78, 5) is 0. The van der Waals surface area contributed by atoms with E-state index in [1.807, 2.05) is 0 Å². The van der Waals surface area contributed by atoms with Gasteiger partial charge in [-0.05, 0) is 36.7 Å². The molecule has 0 unspecified atom stereocenters. The number of rotatable bonds is 5. The number of halogens is 1. The summed E-state index contributed by atoms with van der Waals surface area (Å²) in [7, 11) is -0.446. The van der Waals surface area contributed by atoms with Crippen LogP contribution in [0.25, 0.3) is 0 Å². The van der Waals surface area contributed by atoms with Crippen molar-refractivity contribution in [1.29, 1.82) is 0 Å². The van der Waals surface area contributed by atoms with Gasteiger partial charge in [0, 0.05) is 5.33 Å². The van der Waals surface area contributed by atoms with Crippen molar-refractivity contribution < 1.29 is 0 Å². The molecular weight excluding hydrogens is 411 g/mol. The van der Waals surface area contributed by atoms with E-state index in [0.29, 0.717) is 5.92 Å². The molecule has 0 radical (unpaired) electrons. The van der Waals surface area contributed by atoms with E-state index >= 15 is 0 Å². The van der Waals surface area contributed by atoms with Crippen molar-refractivity contribution in [2.75, 3.05) is 5.33 Å². The first-order valence-corrected chi connectivity index (χ1v) is 11.8. The monoisotopic (exact) mass is 438 g/mol. The first-order chi connectivity index (χ1) is 13.1. The van der Waals surface area contributed by atoms with Crippen LogP contribution in [0.3, 0.4) is 0 Å². The molecular formula is C25H28BrP. The first kappa shape index (κ1) is 21.6. The van der Waals surface area contributed by atoms with Crippen LogP contribution in [-0.2, 0) is 0 Å². The largest absolute Gasteiger partial charge is 0.0883 e. The fourth-order valence-electron chi connectivity index (χ4n) is 2.54. The van der Waals surface area contributed by atoms with E-state index in [2.05, 4.69) is 134 Å². The van der Waals surface area contributed by atoms with Crippen LogP contribution in [0.15, 0.2) is 103 Å². The zero-order valence-corrected chi connectivity index (χ0v) is 18.8. The van der Waals surface area contributed by atoms with Crippen molar-refractivity contribution in [2.45, 2.75) is 20.8 Å². The molecule has 0 saturated heterocycles. The van der Waals surface area contributed by atoms with Gasteiger partial charge in [-0.2, -0.15) is 0 Å². The fourth-order valence-corrected chi connectivity index (χ4v) is 5.35. The van der Waals surface area contributed by atoms with Gasteiger partial charge in [0.25, 0.3) is 0 Å².